The van der Waals surface area contributed by atoms with Crippen molar-refractivity contribution >= 4 is 33.2 Å². The van der Waals surface area contributed by atoms with E-state index in [2.05, 4.69) is 10.8 Å². The van der Waals surface area contributed by atoms with E-state index in [1.54, 1.807) is 25.1 Å². The average molecular weight is 439 g/mol. The number of sulfonamides is 1. The fraction of sp³-hybridized carbons (Fsp3) is 0.350. The number of benzene rings is 2. The Labute approximate surface area is 175 Å². The first kappa shape index (κ1) is 21.1. The third-order valence-corrected chi connectivity index (χ3v) is 7.09. The van der Waals surface area contributed by atoms with Crippen LogP contribution >= 0.6 is 23.2 Å². The molecule has 1 fully saturated rings. The first-order chi connectivity index (χ1) is 13.1. The number of aliphatic hydroxyl groups is 1. The minimum atomic E-state index is -3.74. The molecule has 148 valence electrons. The first-order valence-corrected chi connectivity index (χ1v) is 11.1. The van der Waals surface area contributed by atoms with Crippen molar-refractivity contribution in [2.45, 2.75) is 49.1 Å². The van der Waals surface area contributed by atoms with Crippen LogP contribution in [0, 0.1) is 11.3 Å². The van der Waals surface area contributed by atoms with Crippen molar-refractivity contribution in [3.63, 3.8) is 0 Å². The average Bonchev–Trinajstić information content (AvgIpc) is 2.63. The molecule has 2 aromatic rings. The van der Waals surface area contributed by atoms with Gasteiger partial charge in [-0.25, -0.2) is 13.1 Å². The molecular weight excluding hydrogens is 419 g/mol. The van der Waals surface area contributed by atoms with Crippen LogP contribution in [0.15, 0.2) is 41.3 Å². The molecular formula is C20H20Cl2N2O3S. The molecule has 1 saturated carbocycles. The number of nitriles is 1. The molecule has 1 aliphatic carbocycles. The van der Waals surface area contributed by atoms with Gasteiger partial charge in [0.15, 0.2) is 0 Å². The Morgan fingerprint density at radius 3 is 2.39 bits per heavy atom. The molecule has 2 N–H and O–H groups in total. The van der Waals surface area contributed by atoms with E-state index in [1.165, 1.54) is 18.2 Å². The van der Waals surface area contributed by atoms with Crippen LogP contribution in [0.3, 0.4) is 0 Å². The highest BCUT2D eigenvalue weighted by molar-refractivity contribution is 7.89. The smallest absolute Gasteiger partial charge is 0.240 e. The van der Waals surface area contributed by atoms with Gasteiger partial charge in [-0.2, -0.15) is 5.26 Å². The molecule has 0 atom stereocenters. The summed E-state index contributed by atoms with van der Waals surface area (Å²) in [4.78, 5) is 0.0612. The summed E-state index contributed by atoms with van der Waals surface area (Å²) in [6.07, 6.45) is 2.25. The zero-order valence-electron chi connectivity index (χ0n) is 15.2. The predicted molar refractivity (Wildman–Crippen MR) is 110 cm³/mol. The number of nitrogens with zero attached hydrogens (tertiary/aromatic N) is 1. The number of halogens is 2. The number of nitrogens with one attached hydrogen (secondary N) is 1. The molecule has 0 heterocycles. The summed E-state index contributed by atoms with van der Waals surface area (Å²) in [5.41, 5.74) is 0.771. The quantitative estimate of drug-likeness (QED) is 0.734. The Kier molecular flexibility index (Phi) is 6.04. The number of hydrogen-bond acceptors (Lipinski definition) is 4. The second kappa shape index (κ2) is 8.02. The highest BCUT2D eigenvalue weighted by atomic mass is 35.5. The van der Waals surface area contributed by atoms with E-state index >= 15 is 0 Å². The van der Waals surface area contributed by atoms with E-state index in [1.807, 2.05) is 0 Å². The largest absolute Gasteiger partial charge is 0.390 e. The molecule has 0 amide bonds. The van der Waals surface area contributed by atoms with Gasteiger partial charge in [0.1, 0.15) is 0 Å². The summed E-state index contributed by atoms with van der Waals surface area (Å²) in [5, 5.41) is 20.0. The highest BCUT2D eigenvalue weighted by Gasteiger charge is 2.31. The van der Waals surface area contributed by atoms with Crippen molar-refractivity contribution in [1.82, 2.24) is 4.72 Å². The van der Waals surface area contributed by atoms with Crippen LogP contribution in [0.2, 0.25) is 10.0 Å². The van der Waals surface area contributed by atoms with Gasteiger partial charge >= 0.3 is 0 Å². The van der Waals surface area contributed by atoms with E-state index < -0.39 is 15.6 Å². The Morgan fingerprint density at radius 1 is 1.14 bits per heavy atom. The maximum atomic E-state index is 12.7. The molecule has 0 radical (unpaired) electrons. The van der Waals surface area contributed by atoms with Gasteiger partial charge < -0.3 is 5.11 Å². The van der Waals surface area contributed by atoms with Gasteiger partial charge in [0.05, 0.1) is 22.1 Å². The minimum Gasteiger partial charge on any atom is -0.390 e. The van der Waals surface area contributed by atoms with Gasteiger partial charge in [-0.3, -0.25) is 0 Å². The molecule has 0 aliphatic heterocycles. The van der Waals surface area contributed by atoms with E-state index in [0.29, 0.717) is 47.4 Å². The Balaban J connectivity index is 1.85. The van der Waals surface area contributed by atoms with Gasteiger partial charge in [-0.1, -0.05) is 35.3 Å². The maximum Gasteiger partial charge on any atom is 0.240 e. The van der Waals surface area contributed by atoms with E-state index in [-0.39, 0.29) is 16.0 Å². The SMILES string of the molecule is CC1(O)CCC(NS(=O)(=O)c2ccc(-c3ccc(Cl)cc3C#N)c(Cl)c2)CC1. The van der Waals surface area contributed by atoms with Gasteiger partial charge in [0, 0.05) is 27.2 Å². The fourth-order valence-corrected chi connectivity index (χ4v) is 5.22. The van der Waals surface area contributed by atoms with Crippen molar-refractivity contribution in [2.75, 3.05) is 0 Å². The number of hydrogen-bond donors (Lipinski definition) is 2. The molecule has 0 unspecified atom stereocenters. The van der Waals surface area contributed by atoms with Gasteiger partial charge in [-0.15, -0.1) is 0 Å². The molecule has 1 aliphatic rings. The molecule has 2 aromatic carbocycles. The van der Waals surface area contributed by atoms with E-state index in [9.17, 15) is 18.8 Å². The van der Waals surface area contributed by atoms with Crippen LogP contribution in [-0.4, -0.2) is 25.2 Å². The molecule has 0 aromatic heterocycles. The van der Waals surface area contributed by atoms with E-state index in [0.717, 1.165) is 0 Å². The van der Waals surface area contributed by atoms with Crippen molar-refractivity contribution in [1.29, 1.82) is 5.26 Å². The summed E-state index contributed by atoms with van der Waals surface area (Å²) in [6, 6.07) is 11.2. The lowest BCUT2D eigenvalue weighted by Gasteiger charge is -2.33. The van der Waals surface area contributed by atoms with Gasteiger partial charge in [0.2, 0.25) is 10.0 Å². The molecule has 0 spiro atoms. The summed E-state index contributed by atoms with van der Waals surface area (Å²) in [7, 11) is -3.74. The zero-order valence-corrected chi connectivity index (χ0v) is 17.6. The van der Waals surface area contributed by atoms with Crippen LogP contribution in [0.4, 0.5) is 0 Å². The van der Waals surface area contributed by atoms with Crippen LogP contribution in [0.5, 0.6) is 0 Å². The second-order valence-corrected chi connectivity index (χ2v) is 9.89. The van der Waals surface area contributed by atoms with Gasteiger partial charge in [0.25, 0.3) is 0 Å². The molecule has 8 heteroatoms. The second-order valence-electron chi connectivity index (χ2n) is 7.34. The van der Waals surface area contributed by atoms with Crippen molar-refractivity contribution in [2.24, 2.45) is 0 Å². The first-order valence-electron chi connectivity index (χ1n) is 8.86. The van der Waals surface area contributed by atoms with Crippen molar-refractivity contribution < 1.29 is 13.5 Å². The van der Waals surface area contributed by atoms with Crippen molar-refractivity contribution in [3.8, 4) is 17.2 Å². The molecule has 28 heavy (non-hydrogen) atoms. The van der Waals surface area contributed by atoms with Crippen LogP contribution in [0.1, 0.15) is 38.2 Å². The third kappa shape index (κ3) is 4.68. The Morgan fingerprint density at radius 2 is 1.79 bits per heavy atom. The lowest BCUT2D eigenvalue weighted by Crippen LogP contribution is -2.42. The summed E-state index contributed by atoms with van der Waals surface area (Å²) < 4.78 is 28.2. The zero-order chi connectivity index (χ0) is 20.5. The van der Waals surface area contributed by atoms with Crippen LogP contribution in [-0.2, 0) is 10.0 Å². The molecule has 5 nitrogen and oxygen atoms in total. The minimum absolute atomic E-state index is 0.0612. The van der Waals surface area contributed by atoms with Crippen LogP contribution in [0.25, 0.3) is 11.1 Å². The van der Waals surface area contributed by atoms with Crippen molar-refractivity contribution in [3.05, 3.63) is 52.0 Å². The fourth-order valence-electron chi connectivity index (χ4n) is 3.37. The van der Waals surface area contributed by atoms with E-state index in [4.69, 9.17) is 23.2 Å². The lowest BCUT2D eigenvalue weighted by atomic mass is 9.84. The standard InChI is InChI=1S/C20H20Cl2N2O3S/c1-20(25)8-6-15(7-9-20)24-28(26,27)16-3-5-18(19(22)11-16)17-4-2-14(21)10-13(17)12-23/h2-5,10-11,15,24-25H,6-9H2,1H3. The molecule has 0 saturated heterocycles. The Hall–Kier alpha value is -1.62. The highest BCUT2D eigenvalue weighted by Crippen LogP contribution is 2.34. The monoisotopic (exact) mass is 438 g/mol. The maximum absolute atomic E-state index is 12.7. The number of rotatable bonds is 4. The summed E-state index contributed by atoms with van der Waals surface area (Å²) in [5.74, 6) is 0. The topological polar surface area (TPSA) is 90.2 Å². The summed E-state index contributed by atoms with van der Waals surface area (Å²) in [6.45, 7) is 1.77. The Bertz CT molecular complexity index is 1040. The molecule has 0 bridgehead atoms. The normalized spacial score (nSPS) is 22.6. The predicted octanol–water partition coefficient (Wildman–Crippen LogP) is 4.50. The third-order valence-electron chi connectivity index (χ3n) is 5.03. The van der Waals surface area contributed by atoms with Gasteiger partial charge in [-0.05, 0) is 56.9 Å². The summed E-state index contributed by atoms with van der Waals surface area (Å²) >= 11 is 12.3. The molecule has 3 rings (SSSR count). The lowest BCUT2D eigenvalue weighted by molar-refractivity contribution is 0.0163. The van der Waals surface area contributed by atoms with Crippen LogP contribution < -0.4 is 4.72 Å².